The molecule has 0 aromatic heterocycles. The third kappa shape index (κ3) is 1.92. The number of nitrogens with zero attached hydrogens (tertiary/aromatic N) is 2. The predicted molar refractivity (Wildman–Crippen MR) is 62.1 cm³/mol. The highest BCUT2D eigenvalue weighted by Gasteiger charge is 2.28. The van der Waals surface area contributed by atoms with Crippen molar-refractivity contribution >= 4 is 17.7 Å². The molecule has 2 rings (SSSR count). The third-order valence-corrected chi connectivity index (χ3v) is 2.63. The largest absolute Gasteiger partial charge is 0.396 e. The number of hydrogen-bond acceptors (Lipinski definition) is 4. The van der Waals surface area contributed by atoms with E-state index in [0.717, 1.165) is 18.4 Å². The lowest BCUT2D eigenvalue weighted by Crippen LogP contribution is -2.30. The molecule has 0 aliphatic heterocycles. The van der Waals surface area contributed by atoms with Crippen molar-refractivity contribution in [2.75, 3.05) is 10.7 Å². The molecule has 6 heteroatoms. The fraction of sp³-hybridized carbons (Fsp3) is 0.300. The summed E-state index contributed by atoms with van der Waals surface area (Å²) in [6.07, 6.45) is 3.35. The van der Waals surface area contributed by atoms with Crippen molar-refractivity contribution in [2.24, 2.45) is 16.8 Å². The molecule has 1 aromatic carbocycles. The van der Waals surface area contributed by atoms with E-state index in [0.29, 0.717) is 11.6 Å². The van der Waals surface area contributed by atoms with Crippen molar-refractivity contribution in [1.29, 1.82) is 0 Å². The molecule has 6 N–H and O–H groups in total. The normalized spacial score (nSPS) is 15.6. The van der Waals surface area contributed by atoms with E-state index < -0.39 is 5.82 Å². The van der Waals surface area contributed by atoms with E-state index in [1.54, 1.807) is 0 Å². The zero-order valence-electron chi connectivity index (χ0n) is 8.73. The molecule has 0 unspecified atom stereocenters. The van der Waals surface area contributed by atoms with Gasteiger partial charge in [0.1, 0.15) is 12.2 Å². The molecule has 0 spiro atoms. The van der Waals surface area contributed by atoms with Gasteiger partial charge in [-0.05, 0) is 36.5 Å². The van der Waals surface area contributed by atoms with Gasteiger partial charge in [0, 0.05) is 0 Å². The van der Waals surface area contributed by atoms with E-state index in [-0.39, 0.29) is 5.69 Å². The van der Waals surface area contributed by atoms with Crippen LogP contribution in [0.3, 0.4) is 0 Å². The monoisotopic (exact) mass is 223 g/mol. The van der Waals surface area contributed by atoms with E-state index in [9.17, 15) is 4.39 Å². The van der Waals surface area contributed by atoms with Crippen LogP contribution in [0, 0.1) is 5.82 Å². The van der Waals surface area contributed by atoms with Crippen molar-refractivity contribution in [2.45, 2.75) is 18.8 Å². The van der Waals surface area contributed by atoms with E-state index in [2.05, 4.69) is 5.10 Å². The van der Waals surface area contributed by atoms with Gasteiger partial charge in [0.15, 0.2) is 0 Å². The van der Waals surface area contributed by atoms with Crippen LogP contribution in [0.15, 0.2) is 17.2 Å². The van der Waals surface area contributed by atoms with E-state index in [4.69, 9.17) is 17.4 Å². The number of hydrogen-bond donors (Lipinski definition) is 3. The number of benzene rings is 1. The molecule has 86 valence electrons. The van der Waals surface area contributed by atoms with Gasteiger partial charge in [0.25, 0.3) is 0 Å². The molecule has 1 aliphatic rings. The summed E-state index contributed by atoms with van der Waals surface area (Å²) >= 11 is 0. The van der Waals surface area contributed by atoms with Crippen LogP contribution in [0.4, 0.5) is 15.8 Å². The number of rotatable bonds is 3. The Morgan fingerprint density at radius 2 is 2.12 bits per heavy atom. The van der Waals surface area contributed by atoms with Crippen LogP contribution in [0.5, 0.6) is 0 Å². The quantitative estimate of drug-likeness (QED) is 0.233. The van der Waals surface area contributed by atoms with E-state index >= 15 is 0 Å². The molecule has 0 saturated heterocycles. The molecular formula is C10H14FN5. The molecule has 1 aromatic rings. The average Bonchev–Trinajstić information content (AvgIpc) is 3.05. The Morgan fingerprint density at radius 1 is 1.44 bits per heavy atom. The van der Waals surface area contributed by atoms with Crippen LogP contribution in [0.25, 0.3) is 0 Å². The Kier molecular flexibility index (Phi) is 2.66. The molecule has 0 heterocycles. The first-order chi connectivity index (χ1) is 7.63. The standard InChI is InChI=1S/C10H14FN5/c11-8-3-7(6-1-2-6)10(4-9(8)12)16(14)5-15-13/h3-6H,1-2,12-14H2/b15-5-. The number of hydrazone groups is 1. The van der Waals surface area contributed by atoms with Crippen LogP contribution in [0.2, 0.25) is 0 Å². The van der Waals surface area contributed by atoms with E-state index in [1.807, 2.05) is 0 Å². The Hall–Kier alpha value is -1.82. The summed E-state index contributed by atoms with van der Waals surface area (Å²) < 4.78 is 13.4. The predicted octanol–water partition coefficient (Wildman–Crippen LogP) is 0.867. The topological polar surface area (TPSA) is 93.7 Å². The Labute approximate surface area is 92.7 Å². The van der Waals surface area contributed by atoms with Crippen molar-refractivity contribution in [1.82, 2.24) is 0 Å². The molecular weight excluding hydrogens is 209 g/mol. The highest BCUT2D eigenvalue weighted by Crippen LogP contribution is 2.44. The zero-order valence-corrected chi connectivity index (χ0v) is 8.73. The van der Waals surface area contributed by atoms with Crippen LogP contribution in [0.1, 0.15) is 24.3 Å². The van der Waals surface area contributed by atoms with Crippen LogP contribution < -0.4 is 22.4 Å². The second-order valence-electron chi connectivity index (χ2n) is 3.88. The fourth-order valence-corrected chi connectivity index (χ4v) is 1.67. The van der Waals surface area contributed by atoms with Gasteiger partial charge in [-0.3, -0.25) is 5.01 Å². The molecule has 1 saturated carbocycles. The maximum absolute atomic E-state index is 13.4. The summed E-state index contributed by atoms with van der Waals surface area (Å²) in [6, 6.07) is 2.94. The van der Waals surface area contributed by atoms with Crippen LogP contribution >= 0.6 is 0 Å². The Bertz CT molecular complexity index is 427. The number of hydrazine groups is 1. The first-order valence-electron chi connectivity index (χ1n) is 4.99. The van der Waals surface area contributed by atoms with Gasteiger partial charge in [-0.2, -0.15) is 5.10 Å². The molecule has 0 amide bonds. The Balaban J connectivity index is 2.44. The summed E-state index contributed by atoms with van der Waals surface area (Å²) in [5.41, 5.74) is 7.09. The summed E-state index contributed by atoms with van der Waals surface area (Å²) in [5, 5.41) is 4.58. The Morgan fingerprint density at radius 3 is 2.69 bits per heavy atom. The average molecular weight is 223 g/mol. The van der Waals surface area contributed by atoms with Gasteiger partial charge in [0.2, 0.25) is 0 Å². The summed E-state index contributed by atoms with van der Waals surface area (Å²) in [6.45, 7) is 0. The van der Waals surface area contributed by atoms with Crippen LogP contribution in [-0.2, 0) is 0 Å². The second-order valence-corrected chi connectivity index (χ2v) is 3.88. The lowest BCUT2D eigenvalue weighted by molar-refractivity contribution is 0.630. The molecule has 0 bridgehead atoms. The number of nitrogens with two attached hydrogens (primary N) is 3. The van der Waals surface area contributed by atoms with Gasteiger partial charge < -0.3 is 11.6 Å². The molecule has 5 nitrogen and oxygen atoms in total. The first-order valence-corrected chi connectivity index (χ1v) is 4.99. The summed E-state index contributed by atoms with van der Waals surface area (Å²) in [7, 11) is 0. The van der Waals surface area contributed by atoms with E-state index in [1.165, 1.54) is 23.5 Å². The molecule has 0 radical (unpaired) electrons. The summed E-state index contributed by atoms with van der Waals surface area (Å²) in [5.74, 6) is 10.7. The highest BCUT2D eigenvalue weighted by molar-refractivity contribution is 5.81. The maximum Gasteiger partial charge on any atom is 0.146 e. The highest BCUT2D eigenvalue weighted by atomic mass is 19.1. The lowest BCUT2D eigenvalue weighted by atomic mass is 10.1. The minimum absolute atomic E-state index is 0.0697. The number of anilines is 2. The van der Waals surface area contributed by atoms with Gasteiger partial charge in [-0.25, -0.2) is 10.2 Å². The minimum Gasteiger partial charge on any atom is -0.396 e. The van der Waals surface area contributed by atoms with Crippen molar-refractivity contribution < 1.29 is 4.39 Å². The minimum atomic E-state index is -0.413. The fourth-order valence-electron chi connectivity index (χ4n) is 1.67. The molecule has 16 heavy (non-hydrogen) atoms. The first kappa shape index (κ1) is 10.7. The second kappa shape index (κ2) is 3.97. The zero-order chi connectivity index (χ0) is 11.7. The molecule has 1 aliphatic carbocycles. The number of halogens is 1. The number of nitrogen functional groups attached to an aromatic ring is 1. The van der Waals surface area contributed by atoms with Gasteiger partial charge in [0.05, 0.1) is 11.4 Å². The molecule has 0 atom stereocenters. The SMILES string of the molecule is N/N=C\N(N)c1cc(N)c(F)cc1C1CC1. The van der Waals surface area contributed by atoms with Crippen LogP contribution in [-0.4, -0.2) is 6.34 Å². The molecule has 1 fully saturated rings. The lowest BCUT2D eigenvalue weighted by Gasteiger charge is -2.17. The van der Waals surface area contributed by atoms with Crippen molar-refractivity contribution in [3.8, 4) is 0 Å². The van der Waals surface area contributed by atoms with Gasteiger partial charge >= 0.3 is 0 Å². The van der Waals surface area contributed by atoms with Crippen molar-refractivity contribution in [3.63, 3.8) is 0 Å². The maximum atomic E-state index is 13.4. The van der Waals surface area contributed by atoms with Crippen molar-refractivity contribution in [3.05, 3.63) is 23.5 Å². The van der Waals surface area contributed by atoms with Gasteiger partial charge in [-0.15, -0.1) is 0 Å². The smallest absolute Gasteiger partial charge is 0.146 e. The third-order valence-electron chi connectivity index (χ3n) is 2.63. The summed E-state index contributed by atoms with van der Waals surface area (Å²) in [4.78, 5) is 0. The van der Waals surface area contributed by atoms with Gasteiger partial charge in [-0.1, -0.05) is 0 Å².